The fourth-order valence-electron chi connectivity index (χ4n) is 0.881. The van der Waals surface area contributed by atoms with Crippen molar-refractivity contribution in [1.29, 1.82) is 5.26 Å². The Morgan fingerprint density at radius 3 is 2.77 bits per heavy atom. The topological polar surface area (TPSA) is 70.3 Å². The average Bonchev–Trinajstić information content (AvgIpc) is 2.16. The summed E-state index contributed by atoms with van der Waals surface area (Å²) in [6, 6.07) is 6.19. The Hall–Kier alpha value is -1.38. The molecule has 0 amide bonds. The zero-order chi connectivity index (χ0) is 9.84. The molecular formula is C8H7NO3S. The quantitative estimate of drug-likeness (QED) is 0.722. The highest BCUT2D eigenvalue weighted by Crippen LogP contribution is 2.22. The van der Waals surface area contributed by atoms with Crippen LogP contribution in [0.2, 0.25) is 0 Å². The molecule has 0 spiro atoms. The number of ether oxygens (including phenoxy) is 1. The van der Waals surface area contributed by atoms with Crippen LogP contribution in [0, 0.1) is 11.3 Å². The number of nitrogens with zero attached hydrogens (tertiary/aromatic N) is 1. The third kappa shape index (κ3) is 2.05. The fraction of sp³-hybridized carbons (Fsp3) is 0.125. The number of benzene rings is 1. The van der Waals surface area contributed by atoms with Gasteiger partial charge in [-0.3, -0.25) is 0 Å². The van der Waals surface area contributed by atoms with Crippen molar-refractivity contribution in [3.05, 3.63) is 23.8 Å². The molecule has 0 bridgehead atoms. The zero-order valence-electron chi connectivity index (χ0n) is 6.85. The van der Waals surface area contributed by atoms with Gasteiger partial charge in [0.1, 0.15) is 10.6 Å². The summed E-state index contributed by atoms with van der Waals surface area (Å²) in [6.07, 6.45) is 0. The summed E-state index contributed by atoms with van der Waals surface area (Å²) in [5, 5.41) is 8.54. The molecule has 1 aromatic carbocycles. The monoisotopic (exact) mass is 197 g/mol. The SMILES string of the molecule is COc1cc(C#N)ccc1S(=O)O. The Morgan fingerprint density at radius 1 is 1.62 bits per heavy atom. The lowest BCUT2D eigenvalue weighted by Gasteiger charge is -2.04. The molecule has 68 valence electrons. The van der Waals surface area contributed by atoms with E-state index >= 15 is 0 Å². The molecule has 1 unspecified atom stereocenters. The minimum absolute atomic E-state index is 0.168. The molecule has 4 nitrogen and oxygen atoms in total. The first-order valence-electron chi connectivity index (χ1n) is 3.38. The third-order valence-electron chi connectivity index (χ3n) is 1.48. The molecule has 1 rings (SSSR count). The van der Waals surface area contributed by atoms with E-state index < -0.39 is 11.1 Å². The van der Waals surface area contributed by atoms with Crippen LogP contribution in [0.4, 0.5) is 0 Å². The number of nitriles is 1. The lowest BCUT2D eigenvalue weighted by Crippen LogP contribution is -1.94. The Kier molecular flexibility index (Phi) is 3.01. The maximum Gasteiger partial charge on any atom is 0.190 e. The highest BCUT2D eigenvalue weighted by Gasteiger charge is 2.08. The van der Waals surface area contributed by atoms with E-state index in [0.717, 1.165) is 0 Å². The molecule has 1 atom stereocenters. The Balaban J connectivity index is 3.25. The van der Waals surface area contributed by atoms with Crippen molar-refractivity contribution in [3.8, 4) is 11.8 Å². The molecule has 13 heavy (non-hydrogen) atoms. The minimum Gasteiger partial charge on any atom is -0.495 e. The smallest absolute Gasteiger partial charge is 0.190 e. The van der Waals surface area contributed by atoms with Crippen molar-refractivity contribution in [2.75, 3.05) is 7.11 Å². The summed E-state index contributed by atoms with van der Waals surface area (Å²) in [5.41, 5.74) is 0.394. The summed E-state index contributed by atoms with van der Waals surface area (Å²) in [7, 11) is 1.38. The van der Waals surface area contributed by atoms with Gasteiger partial charge in [-0.1, -0.05) is 0 Å². The van der Waals surface area contributed by atoms with Crippen molar-refractivity contribution in [1.82, 2.24) is 0 Å². The Bertz CT molecular complexity index is 383. The van der Waals surface area contributed by atoms with E-state index in [1.807, 2.05) is 6.07 Å². The molecule has 0 aliphatic rings. The molecule has 0 radical (unpaired) electrons. The fourth-order valence-corrected chi connectivity index (χ4v) is 1.38. The predicted molar refractivity (Wildman–Crippen MR) is 46.7 cm³/mol. The zero-order valence-corrected chi connectivity index (χ0v) is 7.67. The highest BCUT2D eigenvalue weighted by molar-refractivity contribution is 7.79. The second kappa shape index (κ2) is 4.03. The van der Waals surface area contributed by atoms with Gasteiger partial charge >= 0.3 is 0 Å². The van der Waals surface area contributed by atoms with E-state index in [4.69, 9.17) is 14.6 Å². The standard InChI is InChI=1S/C8H7NO3S/c1-12-7-4-6(5-9)2-3-8(7)13(10)11/h2-4H,1H3,(H,10,11). The van der Waals surface area contributed by atoms with Crippen LogP contribution >= 0.6 is 0 Å². The molecule has 5 heteroatoms. The lowest BCUT2D eigenvalue weighted by molar-refractivity contribution is 0.402. The summed E-state index contributed by atoms with van der Waals surface area (Å²) >= 11 is -2.09. The van der Waals surface area contributed by atoms with Gasteiger partial charge in [-0.15, -0.1) is 0 Å². The van der Waals surface area contributed by atoms with E-state index in [1.165, 1.54) is 25.3 Å². The Morgan fingerprint density at radius 2 is 2.31 bits per heavy atom. The van der Waals surface area contributed by atoms with Crippen molar-refractivity contribution >= 4 is 11.1 Å². The van der Waals surface area contributed by atoms with Crippen molar-refractivity contribution < 1.29 is 13.5 Å². The van der Waals surface area contributed by atoms with Gasteiger partial charge in [-0.05, 0) is 18.2 Å². The van der Waals surface area contributed by atoms with Gasteiger partial charge in [-0.2, -0.15) is 5.26 Å². The second-order valence-corrected chi connectivity index (χ2v) is 3.16. The maximum absolute atomic E-state index is 10.7. The van der Waals surface area contributed by atoms with Gasteiger partial charge in [0.25, 0.3) is 0 Å². The van der Waals surface area contributed by atoms with E-state index in [2.05, 4.69) is 0 Å². The highest BCUT2D eigenvalue weighted by atomic mass is 32.2. The van der Waals surface area contributed by atoms with E-state index in [0.29, 0.717) is 5.56 Å². The van der Waals surface area contributed by atoms with E-state index in [1.54, 1.807) is 0 Å². The maximum atomic E-state index is 10.7. The minimum atomic E-state index is -2.09. The van der Waals surface area contributed by atoms with Crippen LogP contribution in [0.5, 0.6) is 5.75 Å². The van der Waals surface area contributed by atoms with Crippen molar-refractivity contribution in [2.24, 2.45) is 0 Å². The number of methoxy groups -OCH3 is 1. The van der Waals surface area contributed by atoms with Gasteiger partial charge < -0.3 is 9.29 Å². The summed E-state index contributed by atoms with van der Waals surface area (Å²) in [6.45, 7) is 0. The van der Waals surface area contributed by atoms with Gasteiger partial charge in [0, 0.05) is 0 Å². The van der Waals surface area contributed by atoms with Crippen LogP contribution in [-0.2, 0) is 11.1 Å². The number of hydrogen-bond acceptors (Lipinski definition) is 3. The third-order valence-corrected chi connectivity index (χ3v) is 2.19. The van der Waals surface area contributed by atoms with Gasteiger partial charge in [0.2, 0.25) is 0 Å². The van der Waals surface area contributed by atoms with Crippen LogP contribution in [0.1, 0.15) is 5.56 Å². The lowest BCUT2D eigenvalue weighted by atomic mass is 10.2. The molecule has 1 N–H and O–H groups in total. The largest absolute Gasteiger partial charge is 0.495 e. The van der Waals surface area contributed by atoms with Gasteiger partial charge in [0.05, 0.1) is 18.7 Å². The summed E-state index contributed by atoms with van der Waals surface area (Å²) in [5.74, 6) is 0.250. The second-order valence-electron chi connectivity index (χ2n) is 2.23. The molecular weight excluding hydrogens is 190 g/mol. The predicted octanol–water partition coefficient (Wildman–Crippen LogP) is 1.15. The van der Waals surface area contributed by atoms with Crippen LogP contribution in [0.3, 0.4) is 0 Å². The molecule has 1 aromatic rings. The van der Waals surface area contributed by atoms with Crippen LogP contribution in [-0.4, -0.2) is 15.9 Å². The van der Waals surface area contributed by atoms with Gasteiger partial charge in [-0.25, -0.2) is 4.21 Å². The molecule has 0 aliphatic heterocycles. The van der Waals surface area contributed by atoms with Crippen molar-refractivity contribution in [3.63, 3.8) is 0 Å². The average molecular weight is 197 g/mol. The molecule has 0 fully saturated rings. The van der Waals surface area contributed by atoms with E-state index in [-0.39, 0.29) is 10.6 Å². The normalized spacial score (nSPS) is 11.8. The summed E-state index contributed by atoms with van der Waals surface area (Å²) in [4.78, 5) is 0.168. The molecule has 0 saturated carbocycles. The first kappa shape index (κ1) is 9.71. The first-order valence-corrected chi connectivity index (χ1v) is 4.48. The van der Waals surface area contributed by atoms with Crippen LogP contribution in [0.25, 0.3) is 0 Å². The van der Waals surface area contributed by atoms with Crippen molar-refractivity contribution in [2.45, 2.75) is 4.90 Å². The Labute approximate surface area is 78.0 Å². The number of hydrogen-bond donors (Lipinski definition) is 1. The molecule has 0 aromatic heterocycles. The number of rotatable bonds is 2. The molecule has 0 heterocycles. The molecule has 0 saturated heterocycles. The molecule has 0 aliphatic carbocycles. The first-order chi connectivity index (χ1) is 6.19. The van der Waals surface area contributed by atoms with E-state index in [9.17, 15) is 4.21 Å². The van der Waals surface area contributed by atoms with Crippen LogP contribution in [0.15, 0.2) is 23.1 Å². The van der Waals surface area contributed by atoms with Gasteiger partial charge in [0.15, 0.2) is 11.1 Å². The summed E-state index contributed by atoms with van der Waals surface area (Å²) < 4.78 is 24.4. The van der Waals surface area contributed by atoms with Crippen LogP contribution < -0.4 is 4.74 Å².